The second kappa shape index (κ2) is 6.64. The Morgan fingerprint density at radius 3 is 3.04 bits per heavy atom. The van der Waals surface area contributed by atoms with Crippen molar-refractivity contribution in [1.82, 2.24) is 14.9 Å². The molecule has 0 aliphatic carbocycles. The van der Waals surface area contributed by atoms with Crippen molar-refractivity contribution >= 4 is 29.1 Å². The van der Waals surface area contributed by atoms with E-state index in [4.69, 9.17) is 16.3 Å². The molecule has 0 bridgehead atoms. The van der Waals surface area contributed by atoms with Crippen LogP contribution >= 0.6 is 11.6 Å². The van der Waals surface area contributed by atoms with Gasteiger partial charge in [0.15, 0.2) is 0 Å². The minimum Gasteiger partial charge on any atom is -0.495 e. The van der Waals surface area contributed by atoms with Crippen molar-refractivity contribution < 1.29 is 14.3 Å². The van der Waals surface area contributed by atoms with E-state index in [1.807, 2.05) is 4.90 Å². The van der Waals surface area contributed by atoms with Crippen LogP contribution in [0.2, 0.25) is 5.02 Å². The Hall–Kier alpha value is -2.54. The molecule has 1 aromatic heterocycles. The molecule has 136 valence electrons. The van der Waals surface area contributed by atoms with Crippen molar-refractivity contribution in [3.8, 4) is 5.75 Å². The van der Waals surface area contributed by atoms with Crippen LogP contribution in [0.4, 0.5) is 5.69 Å². The van der Waals surface area contributed by atoms with Crippen LogP contribution in [0.25, 0.3) is 0 Å². The molecule has 2 amide bonds. The van der Waals surface area contributed by atoms with Crippen LogP contribution in [-0.4, -0.2) is 46.9 Å². The largest absolute Gasteiger partial charge is 0.495 e. The number of anilines is 1. The molecule has 1 N–H and O–H groups in total. The summed E-state index contributed by atoms with van der Waals surface area (Å²) in [5.41, 5.74) is 2.68. The summed E-state index contributed by atoms with van der Waals surface area (Å²) in [6.45, 7) is 1.52. The zero-order chi connectivity index (χ0) is 18.3. The summed E-state index contributed by atoms with van der Waals surface area (Å²) in [5.74, 6) is 0.163. The first-order valence-corrected chi connectivity index (χ1v) is 8.88. The number of ether oxygens (including phenoxy) is 1. The van der Waals surface area contributed by atoms with Crippen molar-refractivity contribution in [2.75, 3.05) is 25.1 Å². The van der Waals surface area contributed by atoms with E-state index in [-0.39, 0.29) is 24.2 Å². The van der Waals surface area contributed by atoms with Crippen molar-refractivity contribution in [3.63, 3.8) is 0 Å². The zero-order valence-electron chi connectivity index (χ0n) is 14.4. The molecule has 0 spiro atoms. The number of carbonyl (C=O) groups excluding carboxylic acids is 2. The zero-order valence-corrected chi connectivity index (χ0v) is 15.1. The van der Waals surface area contributed by atoms with E-state index in [1.165, 1.54) is 0 Å². The number of amides is 2. The quantitative estimate of drug-likeness (QED) is 0.891. The number of hydrogen-bond acceptors (Lipinski definition) is 4. The van der Waals surface area contributed by atoms with E-state index in [0.717, 1.165) is 17.8 Å². The van der Waals surface area contributed by atoms with Crippen LogP contribution in [-0.2, 0) is 22.6 Å². The lowest BCUT2D eigenvalue weighted by Crippen LogP contribution is -2.40. The Bertz CT molecular complexity index is 866. The van der Waals surface area contributed by atoms with Crippen molar-refractivity contribution in [3.05, 3.63) is 40.9 Å². The van der Waals surface area contributed by atoms with Gasteiger partial charge in [-0.1, -0.05) is 11.6 Å². The van der Waals surface area contributed by atoms with Gasteiger partial charge < -0.3 is 19.5 Å². The Kier molecular flexibility index (Phi) is 4.32. The molecule has 0 unspecified atom stereocenters. The van der Waals surface area contributed by atoms with E-state index in [1.54, 1.807) is 36.5 Å². The average molecular weight is 375 g/mol. The number of halogens is 1. The molecule has 8 heteroatoms. The van der Waals surface area contributed by atoms with Gasteiger partial charge in [0.05, 0.1) is 42.3 Å². The van der Waals surface area contributed by atoms with E-state index in [0.29, 0.717) is 36.1 Å². The van der Waals surface area contributed by atoms with Crippen LogP contribution < -0.4 is 9.64 Å². The predicted molar refractivity (Wildman–Crippen MR) is 96.2 cm³/mol. The summed E-state index contributed by atoms with van der Waals surface area (Å²) in [4.78, 5) is 36.1. The summed E-state index contributed by atoms with van der Waals surface area (Å²) in [6.07, 6.45) is 2.62. The number of nitrogens with zero attached hydrogens (tertiary/aromatic N) is 3. The van der Waals surface area contributed by atoms with Gasteiger partial charge in [-0.2, -0.15) is 0 Å². The highest BCUT2D eigenvalue weighted by atomic mass is 35.5. The molecule has 26 heavy (non-hydrogen) atoms. The second-order valence-corrected chi connectivity index (χ2v) is 6.97. The highest BCUT2D eigenvalue weighted by molar-refractivity contribution is 6.32. The third-order valence-electron chi connectivity index (χ3n) is 5.01. The maximum Gasteiger partial charge on any atom is 0.228 e. The van der Waals surface area contributed by atoms with Crippen LogP contribution in [0, 0.1) is 5.92 Å². The van der Waals surface area contributed by atoms with E-state index < -0.39 is 0 Å². The fraction of sp³-hybridized carbons (Fsp3) is 0.389. The fourth-order valence-corrected chi connectivity index (χ4v) is 3.86. The molecule has 1 saturated heterocycles. The third-order valence-corrected chi connectivity index (χ3v) is 5.30. The molecule has 0 saturated carbocycles. The number of nitrogens with one attached hydrogen (secondary N) is 1. The van der Waals surface area contributed by atoms with Gasteiger partial charge in [-0.15, -0.1) is 0 Å². The molecule has 2 aliphatic rings. The summed E-state index contributed by atoms with van der Waals surface area (Å²) < 4.78 is 5.15. The highest BCUT2D eigenvalue weighted by Crippen LogP contribution is 2.33. The molecule has 2 aromatic rings. The van der Waals surface area contributed by atoms with Crippen molar-refractivity contribution in [1.29, 1.82) is 0 Å². The molecule has 0 radical (unpaired) electrons. The minimum atomic E-state index is -0.340. The Morgan fingerprint density at radius 2 is 2.27 bits per heavy atom. The lowest BCUT2D eigenvalue weighted by molar-refractivity contribution is -0.136. The summed E-state index contributed by atoms with van der Waals surface area (Å²) >= 11 is 6.17. The molecule has 1 fully saturated rings. The molecule has 1 atom stereocenters. The number of benzene rings is 1. The number of H-pyrrole nitrogens is 1. The summed E-state index contributed by atoms with van der Waals surface area (Å²) in [7, 11) is 1.54. The lowest BCUT2D eigenvalue weighted by Gasteiger charge is -2.28. The first-order valence-electron chi connectivity index (χ1n) is 8.50. The van der Waals surface area contributed by atoms with Crippen molar-refractivity contribution in [2.24, 2.45) is 5.92 Å². The van der Waals surface area contributed by atoms with Crippen LogP contribution in [0.15, 0.2) is 24.5 Å². The van der Waals surface area contributed by atoms with Gasteiger partial charge in [0, 0.05) is 31.6 Å². The standard InChI is InChI=1S/C18H19ClN4O3/c1-26-16-3-2-12(7-13(16)19)23-8-11(6-17(23)24)18(25)22-5-4-14-15(9-22)21-10-20-14/h2-3,7,10-11H,4-6,8-9H2,1H3,(H,20,21)/t11-/m0/s1. The number of methoxy groups -OCH3 is 1. The average Bonchev–Trinajstić information content (AvgIpc) is 3.26. The first-order chi connectivity index (χ1) is 12.6. The molecule has 1 aromatic carbocycles. The number of aromatic amines is 1. The van der Waals surface area contributed by atoms with Gasteiger partial charge in [-0.05, 0) is 18.2 Å². The number of rotatable bonds is 3. The minimum absolute atomic E-state index is 0.0145. The Morgan fingerprint density at radius 1 is 1.42 bits per heavy atom. The second-order valence-electron chi connectivity index (χ2n) is 6.56. The molecular formula is C18H19ClN4O3. The topological polar surface area (TPSA) is 78.5 Å². The van der Waals surface area contributed by atoms with Crippen LogP contribution in [0.3, 0.4) is 0 Å². The highest BCUT2D eigenvalue weighted by Gasteiger charge is 2.38. The first kappa shape index (κ1) is 16.9. The van der Waals surface area contributed by atoms with Gasteiger partial charge in [0.25, 0.3) is 0 Å². The van der Waals surface area contributed by atoms with Gasteiger partial charge in [0.2, 0.25) is 11.8 Å². The van der Waals surface area contributed by atoms with Gasteiger partial charge >= 0.3 is 0 Å². The maximum atomic E-state index is 12.9. The number of carbonyl (C=O) groups is 2. The normalized spacial score (nSPS) is 19.6. The number of fused-ring (bicyclic) bond motifs is 1. The smallest absolute Gasteiger partial charge is 0.228 e. The third kappa shape index (κ3) is 2.92. The Labute approximate surface area is 155 Å². The van der Waals surface area contributed by atoms with E-state index in [2.05, 4.69) is 9.97 Å². The molecule has 7 nitrogen and oxygen atoms in total. The Balaban J connectivity index is 1.47. The van der Waals surface area contributed by atoms with Crippen LogP contribution in [0.1, 0.15) is 17.8 Å². The molecule has 3 heterocycles. The predicted octanol–water partition coefficient (Wildman–Crippen LogP) is 2.01. The monoisotopic (exact) mass is 374 g/mol. The molecule has 2 aliphatic heterocycles. The lowest BCUT2D eigenvalue weighted by atomic mass is 10.0. The number of imidazole rings is 1. The maximum absolute atomic E-state index is 12.9. The van der Waals surface area contributed by atoms with E-state index in [9.17, 15) is 9.59 Å². The van der Waals surface area contributed by atoms with Gasteiger partial charge in [0.1, 0.15) is 5.75 Å². The molecular weight excluding hydrogens is 356 g/mol. The van der Waals surface area contributed by atoms with Gasteiger partial charge in [-0.3, -0.25) is 9.59 Å². The fourth-order valence-electron chi connectivity index (χ4n) is 3.60. The SMILES string of the molecule is COc1ccc(N2C[C@@H](C(=O)N3CCc4nc[nH]c4C3)CC2=O)cc1Cl. The summed E-state index contributed by atoms with van der Waals surface area (Å²) in [5, 5.41) is 0.440. The summed E-state index contributed by atoms with van der Waals surface area (Å²) in [6, 6.07) is 5.21. The van der Waals surface area contributed by atoms with E-state index >= 15 is 0 Å². The number of aromatic nitrogens is 2. The van der Waals surface area contributed by atoms with Crippen LogP contribution in [0.5, 0.6) is 5.75 Å². The molecule has 4 rings (SSSR count). The van der Waals surface area contributed by atoms with Crippen molar-refractivity contribution in [2.45, 2.75) is 19.4 Å². The number of hydrogen-bond donors (Lipinski definition) is 1. The van der Waals surface area contributed by atoms with Gasteiger partial charge in [-0.25, -0.2) is 4.98 Å².